The first-order chi connectivity index (χ1) is 16.5. The van der Waals surface area contributed by atoms with Gasteiger partial charge in [-0.25, -0.2) is 9.59 Å². The Morgan fingerprint density at radius 1 is 1.21 bits per heavy atom. The van der Waals surface area contributed by atoms with Gasteiger partial charge < -0.3 is 25.3 Å². The average Bonchev–Trinajstić information content (AvgIpc) is 3.32. The number of hydrogen-bond acceptors (Lipinski definition) is 9. The van der Waals surface area contributed by atoms with E-state index >= 15 is 0 Å². The summed E-state index contributed by atoms with van der Waals surface area (Å²) in [5.74, 6) is -0.937. The van der Waals surface area contributed by atoms with E-state index in [-0.39, 0.29) is 19.0 Å². The zero-order valence-electron chi connectivity index (χ0n) is 18.1. The molecule has 3 N–H and O–H groups in total. The average molecular weight is 465 g/mol. The molecule has 3 heterocycles. The highest BCUT2D eigenvalue weighted by Gasteiger charge is 2.29. The van der Waals surface area contributed by atoms with E-state index in [1.54, 1.807) is 18.3 Å². The summed E-state index contributed by atoms with van der Waals surface area (Å²) in [5.41, 5.74) is 6.55. The van der Waals surface area contributed by atoms with Gasteiger partial charge in [-0.1, -0.05) is 30.3 Å². The third-order valence-corrected chi connectivity index (χ3v) is 5.01. The molecular weight excluding hydrogens is 442 g/mol. The van der Waals surface area contributed by atoms with Crippen molar-refractivity contribution >= 4 is 17.7 Å². The standard InChI is InChI=1S/C23H23N5O6/c24-17(11-15-5-2-1-3-6-15)21(29)26-18-8-10-28(23(31)27-18)19-13-32-20(34-19)14-33-22(30)16-7-4-9-25-12-16/h1-10,12,17,19-20H,11,13-14,24H2,(H,26,27,29,31)/t17-,19+,20+/m1/s1. The number of ether oxygens (including phenoxy) is 3. The topological polar surface area (TPSA) is 148 Å². The Morgan fingerprint density at radius 2 is 2.03 bits per heavy atom. The summed E-state index contributed by atoms with van der Waals surface area (Å²) < 4.78 is 17.5. The Hall–Kier alpha value is -3.93. The summed E-state index contributed by atoms with van der Waals surface area (Å²) in [6.07, 6.45) is 3.13. The van der Waals surface area contributed by atoms with Crippen LogP contribution in [0.2, 0.25) is 0 Å². The van der Waals surface area contributed by atoms with Gasteiger partial charge in [0.15, 0.2) is 12.5 Å². The minimum atomic E-state index is -0.840. The van der Waals surface area contributed by atoms with Gasteiger partial charge in [-0.05, 0) is 30.2 Å². The molecule has 3 atom stereocenters. The predicted molar refractivity (Wildman–Crippen MR) is 120 cm³/mol. The summed E-state index contributed by atoms with van der Waals surface area (Å²) in [5, 5.41) is 2.55. The lowest BCUT2D eigenvalue weighted by atomic mass is 10.1. The predicted octanol–water partition coefficient (Wildman–Crippen LogP) is 0.875. The molecule has 1 aliphatic heterocycles. The quantitative estimate of drug-likeness (QED) is 0.462. The van der Waals surface area contributed by atoms with Crippen molar-refractivity contribution in [1.82, 2.24) is 14.5 Å². The Bertz CT molecular complexity index is 1190. The molecule has 0 unspecified atom stereocenters. The van der Waals surface area contributed by atoms with Crippen molar-refractivity contribution in [2.75, 3.05) is 18.5 Å². The van der Waals surface area contributed by atoms with Crippen molar-refractivity contribution in [2.24, 2.45) is 5.73 Å². The number of anilines is 1. The molecule has 0 spiro atoms. The summed E-state index contributed by atoms with van der Waals surface area (Å²) >= 11 is 0. The van der Waals surface area contributed by atoms with E-state index in [1.165, 1.54) is 23.0 Å². The first-order valence-corrected chi connectivity index (χ1v) is 10.5. The number of rotatable bonds is 8. The lowest BCUT2D eigenvalue weighted by molar-refractivity contribution is -0.117. The molecule has 1 amide bonds. The number of esters is 1. The molecule has 0 aliphatic carbocycles. The second-order valence-corrected chi connectivity index (χ2v) is 7.48. The van der Waals surface area contributed by atoms with E-state index in [1.807, 2.05) is 30.3 Å². The summed E-state index contributed by atoms with van der Waals surface area (Å²) in [4.78, 5) is 44.6. The van der Waals surface area contributed by atoms with Crippen LogP contribution in [0.15, 0.2) is 71.9 Å². The number of pyridine rings is 1. The first kappa shape index (κ1) is 23.2. The van der Waals surface area contributed by atoms with Gasteiger partial charge in [-0.3, -0.25) is 14.3 Å². The van der Waals surface area contributed by atoms with Gasteiger partial charge in [-0.2, -0.15) is 4.98 Å². The largest absolute Gasteiger partial charge is 0.457 e. The van der Waals surface area contributed by atoms with Crippen molar-refractivity contribution < 1.29 is 23.8 Å². The molecule has 1 aromatic carbocycles. The second kappa shape index (κ2) is 10.8. The van der Waals surface area contributed by atoms with E-state index in [4.69, 9.17) is 19.9 Å². The molecule has 4 rings (SSSR count). The van der Waals surface area contributed by atoms with E-state index in [9.17, 15) is 14.4 Å². The molecule has 1 saturated heterocycles. The number of amides is 1. The zero-order valence-corrected chi connectivity index (χ0v) is 18.1. The Morgan fingerprint density at radius 3 is 2.76 bits per heavy atom. The smallest absolute Gasteiger partial charge is 0.351 e. The molecule has 11 heteroatoms. The van der Waals surface area contributed by atoms with Crippen molar-refractivity contribution in [3.05, 3.63) is 88.7 Å². The van der Waals surface area contributed by atoms with Crippen LogP contribution in [0.1, 0.15) is 22.1 Å². The fourth-order valence-electron chi connectivity index (χ4n) is 3.27. The molecule has 1 aliphatic rings. The summed E-state index contributed by atoms with van der Waals surface area (Å²) in [6, 6.07) is 13.2. The minimum Gasteiger partial charge on any atom is -0.457 e. The maximum atomic E-state index is 12.5. The molecule has 34 heavy (non-hydrogen) atoms. The van der Waals surface area contributed by atoms with E-state index in [0.717, 1.165) is 5.56 Å². The van der Waals surface area contributed by atoms with Gasteiger partial charge >= 0.3 is 11.7 Å². The maximum Gasteiger partial charge on any atom is 0.351 e. The SMILES string of the molecule is N[C@H](Cc1ccccc1)C(=O)Nc1ccn([C@@H]2CO[C@H](COC(=O)c3cccnc3)O2)c(=O)n1. The lowest BCUT2D eigenvalue weighted by Gasteiger charge is -2.15. The van der Waals surface area contributed by atoms with Gasteiger partial charge in [0.2, 0.25) is 5.91 Å². The first-order valence-electron chi connectivity index (χ1n) is 10.5. The van der Waals surface area contributed by atoms with Gasteiger partial charge in [0.25, 0.3) is 0 Å². The number of nitrogens with zero attached hydrogens (tertiary/aromatic N) is 3. The lowest BCUT2D eigenvalue weighted by Crippen LogP contribution is -2.38. The molecule has 1 fully saturated rings. The van der Waals surface area contributed by atoms with Crippen LogP contribution in [0.25, 0.3) is 0 Å². The van der Waals surface area contributed by atoms with E-state index in [0.29, 0.717) is 12.0 Å². The monoisotopic (exact) mass is 465 g/mol. The third kappa shape index (κ3) is 5.90. The zero-order chi connectivity index (χ0) is 23.9. The molecule has 3 aromatic rings. The third-order valence-electron chi connectivity index (χ3n) is 5.01. The fourth-order valence-corrected chi connectivity index (χ4v) is 3.27. The number of aromatic nitrogens is 3. The summed E-state index contributed by atoms with van der Waals surface area (Å²) in [7, 11) is 0. The van der Waals surface area contributed by atoms with E-state index in [2.05, 4.69) is 15.3 Å². The normalized spacial score (nSPS) is 18.3. The summed E-state index contributed by atoms with van der Waals surface area (Å²) in [6.45, 7) is -0.0931. The van der Waals surface area contributed by atoms with Crippen LogP contribution in [-0.4, -0.2) is 52.0 Å². The second-order valence-electron chi connectivity index (χ2n) is 7.48. The van der Waals surface area contributed by atoms with E-state index < -0.39 is 36.1 Å². The molecule has 176 valence electrons. The molecule has 0 bridgehead atoms. The fraction of sp³-hybridized carbons (Fsp3) is 0.261. The highest BCUT2D eigenvalue weighted by atomic mass is 16.7. The number of nitrogens with two attached hydrogens (primary N) is 1. The minimum absolute atomic E-state index is 0.0599. The maximum absolute atomic E-state index is 12.5. The van der Waals surface area contributed by atoms with Gasteiger partial charge in [-0.15, -0.1) is 0 Å². The molecular formula is C23H23N5O6. The van der Waals surface area contributed by atoms with Crippen LogP contribution in [-0.2, 0) is 25.4 Å². The Balaban J connectivity index is 1.29. The molecule has 11 nitrogen and oxygen atoms in total. The van der Waals surface area contributed by atoms with Crippen LogP contribution >= 0.6 is 0 Å². The van der Waals surface area contributed by atoms with Gasteiger partial charge in [0.1, 0.15) is 12.4 Å². The van der Waals surface area contributed by atoms with Crippen LogP contribution in [0.5, 0.6) is 0 Å². The number of hydrogen-bond donors (Lipinski definition) is 2. The van der Waals surface area contributed by atoms with Crippen LogP contribution in [0.4, 0.5) is 5.82 Å². The Kier molecular flexibility index (Phi) is 7.38. The van der Waals surface area contributed by atoms with Crippen molar-refractivity contribution in [1.29, 1.82) is 0 Å². The highest BCUT2D eigenvalue weighted by Crippen LogP contribution is 2.20. The van der Waals surface area contributed by atoms with Crippen LogP contribution in [0.3, 0.4) is 0 Å². The molecule has 2 aromatic heterocycles. The number of nitrogens with one attached hydrogen (secondary N) is 1. The van der Waals surface area contributed by atoms with Gasteiger partial charge in [0.05, 0.1) is 18.2 Å². The Labute approximate surface area is 194 Å². The van der Waals surface area contributed by atoms with Crippen LogP contribution < -0.4 is 16.7 Å². The van der Waals surface area contributed by atoms with Crippen molar-refractivity contribution in [3.8, 4) is 0 Å². The number of benzene rings is 1. The van der Waals surface area contributed by atoms with Crippen molar-refractivity contribution in [2.45, 2.75) is 25.0 Å². The highest BCUT2D eigenvalue weighted by molar-refractivity contribution is 5.94. The molecule has 0 saturated carbocycles. The molecule has 0 radical (unpaired) electrons. The van der Waals surface area contributed by atoms with Gasteiger partial charge in [0, 0.05) is 18.6 Å². The van der Waals surface area contributed by atoms with Crippen LogP contribution in [0, 0.1) is 0 Å². The number of carbonyl (C=O) groups excluding carboxylic acids is 2. The van der Waals surface area contributed by atoms with Crippen molar-refractivity contribution in [3.63, 3.8) is 0 Å². The number of carbonyl (C=O) groups is 2.